The number of nitrogen functional groups attached to an aromatic ring is 1. The lowest BCUT2D eigenvalue weighted by atomic mass is 10.0. The minimum atomic E-state index is 0.494. The summed E-state index contributed by atoms with van der Waals surface area (Å²) in [5.74, 6) is 0. The van der Waals surface area contributed by atoms with Crippen LogP contribution < -0.4 is 5.73 Å². The third-order valence-electron chi connectivity index (χ3n) is 3.99. The zero-order valence-corrected chi connectivity index (χ0v) is 12.2. The first-order valence-electron chi connectivity index (χ1n) is 7.07. The highest BCUT2D eigenvalue weighted by atomic mass is 35.5. The second-order valence-corrected chi connectivity index (χ2v) is 5.80. The van der Waals surface area contributed by atoms with Gasteiger partial charge in [-0.05, 0) is 48.7 Å². The fourth-order valence-corrected chi connectivity index (χ4v) is 3.18. The van der Waals surface area contributed by atoms with E-state index >= 15 is 0 Å². The van der Waals surface area contributed by atoms with Crippen molar-refractivity contribution >= 4 is 17.3 Å². The molecule has 1 aliphatic rings. The maximum absolute atomic E-state index is 6.29. The maximum atomic E-state index is 6.29. The van der Waals surface area contributed by atoms with Crippen LogP contribution in [0.3, 0.4) is 0 Å². The standard InChI is InChI=1S/C17H19ClN2/c18-16-9-8-15(19)11-14(16)12-20-10-4-7-17(20)13-5-2-1-3-6-13/h1-3,5-6,8-9,11,17H,4,7,10,12,19H2. The highest BCUT2D eigenvalue weighted by Gasteiger charge is 2.26. The molecule has 1 heterocycles. The van der Waals surface area contributed by atoms with Gasteiger partial charge in [0.25, 0.3) is 0 Å². The number of likely N-dealkylation sites (tertiary alicyclic amines) is 1. The predicted octanol–water partition coefficient (Wildman–Crippen LogP) is 4.26. The maximum Gasteiger partial charge on any atom is 0.0452 e. The fourth-order valence-electron chi connectivity index (χ4n) is 3.00. The van der Waals surface area contributed by atoms with Gasteiger partial charge in [-0.25, -0.2) is 0 Å². The largest absolute Gasteiger partial charge is 0.399 e. The highest BCUT2D eigenvalue weighted by molar-refractivity contribution is 6.31. The number of rotatable bonds is 3. The normalized spacial score (nSPS) is 19.4. The monoisotopic (exact) mass is 286 g/mol. The summed E-state index contributed by atoms with van der Waals surface area (Å²) < 4.78 is 0. The average molecular weight is 287 g/mol. The molecule has 3 rings (SSSR count). The van der Waals surface area contributed by atoms with E-state index in [2.05, 4.69) is 35.2 Å². The van der Waals surface area contributed by atoms with Crippen LogP contribution in [0.5, 0.6) is 0 Å². The number of anilines is 1. The number of benzene rings is 2. The summed E-state index contributed by atoms with van der Waals surface area (Å²) in [5.41, 5.74) is 9.16. The molecule has 0 bridgehead atoms. The smallest absolute Gasteiger partial charge is 0.0452 e. The van der Waals surface area contributed by atoms with Crippen LogP contribution in [0.2, 0.25) is 5.02 Å². The Morgan fingerprint density at radius 1 is 1.15 bits per heavy atom. The van der Waals surface area contributed by atoms with Crippen LogP contribution in [0, 0.1) is 0 Å². The molecule has 1 saturated heterocycles. The molecule has 0 radical (unpaired) electrons. The first kappa shape index (κ1) is 13.5. The van der Waals surface area contributed by atoms with Gasteiger partial charge in [0, 0.05) is 23.3 Å². The molecule has 3 heteroatoms. The molecular formula is C17H19ClN2. The van der Waals surface area contributed by atoms with Crippen molar-refractivity contribution < 1.29 is 0 Å². The molecule has 1 fully saturated rings. The van der Waals surface area contributed by atoms with Crippen molar-refractivity contribution in [3.05, 3.63) is 64.7 Å². The summed E-state index contributed by atoms with van der Waals surface area (Å²) >= 11 is 6.29. The molecule has 0 saturated carbocycles. The van der Waals surface area contributed by atoms with Crippen LogP contribution >= 0.6 is 11.6 Å². The Kier molecular flexibility index (Phi) is 3.95. The third-order valence-corrected chi connectivity index (χ3v) is 4.36. The average Bonchev–Trinajstić information content (AvgIpc) is 2.92. The fraction of sp³-hybridized carbons (Fsp3) is 0.294. The molecule has 1 unspecified atom stereocenters. The molecular weight excluding hydrogens is 268 g/mol. The number of hydrogen-bond donors (Lipinski definition) is 1. The first-order valence-corrected chi connectivity index (χ1v) is 7.45. The van der Waals surface area contributed by atoms with Crippen molar-refractivity contribution in [1.29, 1.82) is 0 Å². The summed E-state index contributed by atoms with van der Waals surface area (Å²) in [7, 11) is 0. The van der Waals surface area contributed by atoms with Crippen molar-refractivity contribution in [2.75, 3.05) is 12.3 Å². The quantitative estimate of drug-likeness (QED) is 0.854. The van der Waals surface area contributed by atoms with Crippen LogP contribution in [0.15, 0.2) is 48.5 Å². The van der Waals surface area contributed by atoms with Crippen LogP contribution in [0.25, 0.3) is 0 Å². The molecule has 0 amide bonds. The minimum absolute atomic E-state index is 0.494. The van der Waals surface area contributed by atoms with Gasteiger partial charge in [-0.2, -0.15) is 0 Å². The summed E-state index contributed by atoms with van der Waals surface area (Å²) in [5, 5.41) is 0.804. The topological polar surface area (TPSA) is 29.3 Å². The molecule has 0 aromatic heterocycles. The molecule has 104 valence electrons. The molecule has 2 nitrogen and oxygen atoms in total. The molecule has 0 spiro atoms. The van der Waals surface area contributed by atoms with E-state index in [0.717, 1.165) is 29.4 Å². The second kappa shape index (κ2) is 5.86. The van der Waals surface area contributed by atoms with E-state index in [1.165, 1.54) is 18.4 Å². The number of halogens is 1. The van der Waals surface area contributed by atoms with Crippen molar-refractivity contribution in [1.82, 2.24) is 4.90 Å². The zero-order chi connectivity index (χ0) is 13.9. The van der Waals surface area contributed by atoms with Gasteiger partial charge in [0.05, 0.1) is 0 Å². The molecule has 20 heavy (non-hydrogen) atoms. The summed E-state index contributed by atoms with van der Waals surface area (Å²) in [6.07, 6.45) is 2.45. The van der Waals surface area contributed by atoms with Gasteiger partial charge >= 0.3 is 0 Å². The van der Waals surface area contributed by atoms with E-state index in [1.54, 1.807) is 0 Å². The Bertz CT molecular complexity index is 583. The predicted molar refractivity (Wildman–Crippen MR) is 84.7 cm³/mol. The number of nitrogens with two attached hydrogens (primary N) is 1. The lowest BCUT2D eigenvalue weighted by Crippen LogP contribution is -2.23. The van der Waals surface area contributed by atoms with E-state index in [9.17, 15) is 0 Å². The van der Waals surface area contributed by atoms with Gasteiger partial charge in [0.1, 0.15) is 0 Å². The van der Waals surface area contributed by atoms with Crippen molar-refractivity contribution in [3.8, 4) is 0 Å². The van der Waals surface area contributed by atoms with Gasteiger partial charge < -0.3 is 5.73 Å². The molecule has 2 N–H and O–H groups in total. The van der Waals surface area contributed by atoms with Crippen LogP contribution in [0.1, 0.15) is 30.0 Å². The van der Waals surface area contributed by atoms with E-state index in [1.807, 2.05) is 18.2 Å². The van der Waals surface area contributed by atoms with Crippen LogP contribution in [0.4, 0.5) is 5.69 Å². The second-order valence-electron chi connectivity index (χ2n) is 5.39. The zero-order valence-electron chi connectivity index (χ0n) is 11.4. The van der Waals surface area contributed by atoms with Crippen molar-refractivity contribution in [3.63, 3.8) is 0 Å². The van der Waals surface area contributed by atoms with Crippen molar-refractivity contribution in [2.45, 2.75) is 25.4 Å². The van der Waals surface area contributed by atoms with E-state index in [-0.39, 0.29) is 0 Å². The Labute approximate surface area is 125 Å². The van der Waals surface area contributed by atoms with Crippen LogP contribution in [-0.2, 0) is 6.54 Å². The van der Waals surface area contributed by atoms with Crippen LogP contribution in [-0.4, -0.2) is 11.4 Å². The van der Waals surface area contributed by atoms with E-state index in [4.69, 9.17) is 17.3 Å². The molecule has 2 aromatic rings. The molecule has 0 aliphatic carbocycles. The molecule has 1 atom stereocenters. The van der Waals surface area contributed by atoms with Crippen molar-refractivity contribution in [2.24, 2.45) is 0 Å². The minimum Gasteiger partial charge on any atom is -0.399 e. The third kappa shape index (κ3) is 2.82. The van der Waals surface area contributed by atoms with Gasteiger partial charge in [-0.1, -0.05) is 41.9 Å². The molecule has 1 aliphatic heterocycles. The van der Waals surface area contributed by atoms with Gasteiger partial charge in [-0.3, -0.25) is 4.90 Å². The SMILES string of the molecule is Nc1ccc(Cl)c(CN2CCCC2c2ccccc2)c1. The summed E-state index contributed by atoms with van der Waals surface area (Å²) in [6, 6.07) is 16.9. The Balaban J connectivity index is 1.81. The van der Waals surface area contributed by atoms with Gasteiger partial charge in [0.15, 0.2) is 0 Å². The summed E-state index contributed by atoms with van der Waals surface area (Å²) in [4.78, 5) is 2.50. The number of hydrogen-bond acceptors (Lipinski definition) is 2. The molecule has 2 aromatic carbocycles. The lowest BCUT2D eigenvalue weighted by Gasteiger charge is -2.25. The Morgan fingerprint density at radius 3 is 2.75 bits per heavy atom. The number of nitrogens with zero attached hydrogens (tertiary/aromatic N) is 1. The summed E-state index contributed by atoms with van der Waals surface area (Å²) in [6.45, 7) is 1.98. The van der Waals surface area contributed by atoms with E-state index in [0.29, 0.717) is 6.04 Å². The van der Waals surface area contributed by atoms with Gasteiger partial charge in [-0.15, -0.1) is 0 Å². The highest BCUT2D eigenvalue weighted by Crippen LogP contribution is 2.34. The Morgan fingerprint density at radius 2 is 1.95 bits per heavy atom. The first-order chi connectivity index (χ1) is 9.74. The lowest BCUT2D eigenvalue weighted by molar-refractivity contribution is 0.248. The van der Waals surface area contributed by atoms with Gasteiger partial charge in [0.2, 0.25) is 0 Å². The van der Waals surface area contributed by atoms with E-state index < -0.39 is 0 Å². The Hall–Kier alpha value is -1.51.